The van der Waals surface area contributed by atoms with Gasteiger partial charge in [0.15, 0.2) is 7.98 Å². The first-order chi connectivity index (χ1) is 5.20. The van der Waals surface area contributed by atoms with Crippen LogP contribution in [0.4, 0.5) is 0 Å². The van der Waals surface area contributed by atoms with E-state index in [0.29, 0.717) is 13.2 Å². The van der Waals surface area contributed by atoms with E-state index in [0.717, 1.165) is 0 Å². The van der Waals surface area contributed by atoms with Gasteiger partial charge in [-0.05, 0) is 0 Å². The summed E-state index contributed by atoms with van der Waals surface area (Å²) < 4.78 is 9.55. The molecule has 64 valence electrons. The first-order valence-corrected chi connectivity index (χ1v) is 3.80. The smallest absolute Gasteiger partial charge is 0.302 e. The Morgan fingerprint density at radius 2 is 2.36 bits per heavy atom. The van der Waals surface area contributed by atoms with E-state index < -0.39 is 0 Å². The van der Waals surface area contributed by atoms with Gasteiger partial charge in [-0.15, -0.1) is 0 Å². The summed E-state index contributed by atoms with van der Waals surface area (Å²) in [4.78, 5) is 10.4. The largest absolute Gasteiger partial charge is 0.464 e. The van der Waals surface area contributed by atoms with Crippen LogP contribution in [0.3, 0.4) is 0 Å². The van der Waals surface area contributed by atoms with Gasteiger partial charge in [-0.3, -0.25) is 4.79 Å². The minimum absolute atomic E-state index is 0.0661. The summed E-state index contributed by atoms with van der Waals surface area (Å²) in [6.07, 6.45) is 0. The van der Waals surface area contributed by atoms with Crippen LogP contribution in [0.5, 0.6) is 0 Å². The molecule has 0 rings (SSSR count). The highest BCUT2D eigenvalue weighted by atomic mass is 31.0. The predicted molar refractivity (Wildman–Crippen MR) is 47.8 cm³/mol. The average Bonchev–Trinajstić information content (AvgIpc) is 1.97. The number of rotatable bonds is 5. The Morgan fingerprint density at radius 1 is 1.73 bits per heavy atom. The van der Waals surface area contributed by atoms with Gasteiger partial charge in [-0.1, -0.05) is 0 Å². The van der Waals surface area contributed by atoms with Gasteiger partial charge in [0.2, 0.25) is 0 Å². The third-order valence-electron chi connectivity index (χ3n) is 1.19. The number of nitrogens with one attached hydrogen (secondary N) is 1. The minimum atomic E-state index is -0.269. The molecule has 2 atom stereocenters. The summed E-state index contributed by atoms with van der Waals surface area (Å²) in [5.74, 6) is -0.269. The van der Waals surface area contributed by atoms with Gasteiger partial charge in [-0.2, -0.15) is 0 Å². The van der Waals surface area contributed by atoms with Crippen molar-refractivity contribution in [1.29, 1.82) is 0 Å². The second kappa shape index (κ2) is 6.59. The van der Waals surface area contributed by atoms with E-state index in [4.69, 9.17) is 9.26 Å². The zero-order valence-corrected chi connectivity index (χ0v) is 7.95. The molecule has 0 aromatic heterocycles. The van der Waals surface area contributed by atoms with Crippen molar-refractivity contribution in [2.75, 3.05) is 13.2 Å². The Morgan fingerprint density at radius 3 is 2.73 bits per heavy atom. The molecule has 0 bridgehead atoms. The first-order valence-electron chi connectivity index (χ1n) is 3.33. The molecule has 11 heavy (non-hydrogen) atoms. The summed E-state index contributed by atoms with van der Waals surface area (Å²) in [5.41, 5.74) is 0. The molecule has 0 spiro atoms. The molecule has 0 saturated carbocycles. The zero-order chi connectivity index (χ0) is 8.69. The highest BCUT2D eigenvalue weighted by Crippen LogP contribution is 1.91. The van der Waals surface area contributed by atoms with E-state index in [9.17, 15) is 4.79 Å². The molecule has 0 saturated heterocycles. The van der Waals surface area contributed by atoms with E-state index in [1.54, 1.807) is 7.98 Å². The van der Waals surface area contributed by atoms with Crippen LogP contribution in [0, 0.1) is 0 Å². The SMILES string of the molecule is BNC(COP)COC(C)=O. The molecular weight excluding hydrogens is 164 g/mol. The Hall–Kier alpha value is -0.115. The van der Waals surface area contributed by atoms with E-state index >= 15 is 0 Å². The Labute approximate surface area is 69.7 Å². The molecule has 0 aromatic carbocycles. The molecule has 4 nitrogen and oxygen atoms in total. The fourth-order valence-corrected chi connectivity index (χ4v) is 0.781. The molecule has 0 radical (unpaired) electrons. The molecule has 0 fully saturated rings. The van der Waals surface area contributed by atoms with Crippen LogP contribution >= 0.6 is 9.47 Å². The van der Waals surface area contributed by atoms with E-state index in [-0.39, 0.29) is 12.0 Å². The first kappa shape index (κ1) is 10.9. The van der Waals surface area contributed by atoms with Gasteiger partial charge in [0.1, 0.15) is 6.61 Å². The van der Waals surface area contributed by atoms with E-state index in [1.165, 1.54) is 6.92 Å². The average molecular weight is 177 g/mol. The lowest BCUT2D eigenvalue weighted by Crippen LogP contribution is -2.35. The van der Waals surface area contributed by atoms with Crippen LogP contribution in [0.2, 0.25) is 0 Å². The van der Waals surface area contributed by atoms with Crippen LogP contribution in [-0.4, -0.2) is 33.2 Å². The number of carbonyl (C=O) groups is 1. The second-order valence-corrected chi connectivity index (χ2v) is 2.45. The van der Waals surface area contributed by atoms with E-state index in [2.05, 4.69) is 14.7 Å². The number of hydrogen-bond donors (Lipinski definition) is 1. The number of carbonyl (C=O) groups excluding carboxylic acids is 1. The third kappa shape index (κ3) is 6.29. The molecule has 0 aliphatic carbocycles. The van der Waals surface area contributed by atoms with Crippen molar-refractivity contribution < 1.29 is 14.1 Å². The van der Waals surface area contributed by atoms with Crippen LogP contribution < -0.4 is 5.23 Å². The van der Waals surface area contributed by atoms with Crippen molar-refractivity contribution >= 4 is 23.4 Å². The summed E-state index contributed by atoms with van der Waals surface area (Å²) in [6, 6.07) is 0.0661. The number of ether oxygens (including phenoxy) is 1. The maximum absolute atomic E-state index is 10.4. The fourth-order valence-electron chi connectivity index (χ4n) is 0.549. The fraction of sp³-hybridized carbons (Fsp3) is 0.800. The van der Waals surface area contributed by atoms with Crippen molar-refractivity contribution in [3.63, 3.8) is 0 Å². The van der Waals surface area contributed by atoms with Crippen LogP contribution in [0.25, 0.3) is 0 Å². The highest BCUT2D eigenvalue weighted by molar-refractivity contribution is 7.09. The van der Waals surface area contributed by atoms with Gasteiger partial charge in [0.05, 0.1) is 12.6 Å². The van der Waals surface area contributed by atoms with Crippen molar-refractivity contribution in [3.8, 4) is 0 Å². The molecule has 1 N–H and O–H groups in total. The zero-order valence-electron chi connectivity index (χ0n) is 6.79. The molecule has 0 aromatic rings. The van der Waals surface area contributed by atoms with Crippen molar-refractivity contribution in [2.24, 2.45) is 0 Å². The normalized spacial score (nSPS) is 12.5. The molecule has 0 aliphatic rings. The number of esters is 1. The molecule has 2 unspecified atom stereocenters. The second-order valence-electron chi connectivity index (χ2n) is 2.12. The quantitative estimate of drug-likeness (QED) is 0.327. The lowest BCUT2D eigenvalue weighted by atomic mass is 10.2. The van der Waals surface area contributed by atoms with Gasteiger partial charge in [-0.25, -0.2) is 0 Å². The minimum Gasteiger partial charge on any atom is -0.464 e. The van der Waals surface area contributed by atoms with Crippen molar-refractivity contribution in [1.82, 2.24) is 5.23 Å². The molecule has 6 heteroatoms. The summed E-state index contributed by atoms with van der Waals surface area (Å²) in [5, 5.41) is 2.94. The van der Waals surface area contributed by atoms with Gasteiger partial charge in [0, 0.05) is 16.4 Å². The van der Waals surface area contributed by atoms with Crippen LogP contribution in [-0.2, 0) is 14.1 Å². The monoisotopic (exact) mass is 177 g/mol. The van der Waals surface area contributed by atoms with E-state index in [1.807, 2.05) is 0 Å². The molecular formula is C5H13BNO3P. The van der Waals surface area contributed by atoms with Gasteiger partial charge in [0.25, 0.3) is 0 Å². The predicted octanol–water partition coefficient (Wildman–Crippen LogP) is -1.14. The topological polar surface area (TPSA) is 47.6 Å². The maximum Gasteiger partial charge on any atom is 0.302 e. The molecule has 0 heterocycles. The van der Waals surface area contributed by atoms with Gasteiger partial charge < -0.3 is 14.5 Å². The molecule has 0 aliphatic heterocycles. The summed E-state index contributed by atoms with van der Waals surface area (Å²) in [7, 11) is 3.94. The van der Waals surface area contributed by atoms with Crippen molar-refractivity contribution in [2.45, 2.75) is 13.0 Å². The van der Waals surface area contributed by atoms with Crippen LogP contribution in [0.15, 0.2) is 0 Å². The van der Waals surface area contributed by atoms with Gasteiger partial charge >= 0.3 is 5.97 Å². The Balaban J connectivity index is 3.43. The lowest BCUT2D eigenvalue weighted by molar-refractivity contribution is -0.141. The Kier molecular flexibility index (Phi) is 6.52. The van der Waals surface area contributed by atoms with Crippen LogP contribution in [0.1, 0.15) is 6.92 Å². The summed E-state index contributed by atoms with van der Waals surface area (Å²) >= 11 is 0. The number of hydrogen-bond acceptors (Lipinski definition) is 4. The van der Waals surface area contributed by atoms with Crippen molar-refractivity contribution in [3.05, 3.63) is 0 Å². The Bertz CT molecular complexity index is 124. The molecule has 0 amide bonds. The standard InChI is InChI=1S/C5H13BNO3P/c1-4(8)9-2-5(7-6)3-10-11/h5,7H,2-3,6,11H2,1H3. The third-order valence-corrected chi connectivity index (χ3v) is 1.39. The highest BCUT2D eigenvalue weighted by Gasteiger charge is 2.05. The lowest BCUT2D eigenvalue weighted by Gasteiger charge is -2.14. The summed E-state index contributed by atoms with van der Waals surface area (Å²) in [6.45, 7) is 2.24. The maximum atomic E-state index is 10.4.